The van der Waals surface area contributed by atoms with E-state index in [1.54, 1.807) is 4.90 Å². The van der Waals surface area contributed by atoms with Crippen molar-refractivity contribution >= 4 is 17.6 Å². The molecule has 0 radical (unpaired) electrons. The smallest absolute Gasteiger partial charge is 0.307 e. The molecule has 0 spiro atoms. The van der Waals surface area contributed by atoms with Crippen molar-refractivity contribution in [1.29, 1.82) is 0 Å². The number of hydrogen-bond donors (Lipinski definition) is 0. The number of carbonyl (C=O) groups is 2. The molecule has 2 aromatic carbocycles. The monoisotopic (exact) mass is 339 g/mol. The van der Waals surface area contributed by atoms with E-state index in [-0.39, 0.29) is 24.3 Å². The largest absolute Gasteiger partial charge is 0.469 e. The number of para-hydroxylation sites is 1. The van der Waals surface area contributed by atoms with E-state index >= 15 is 0 Å². The number of benzene rings is 2. The second-order valence-electron chi connectivity index (χ2n) is 6.30. The van der Waals surface area contributed by atoms with Crippen LogP contribution in [0.25, 0.3) is 0 Å². The summed E-state index contributed by atoms with van der Waals surface area (Å²) < 4.78 is 4.79. The molecule has 0 fully saturated rings. The minimum Gasteiger partial charge on any atom is -0.469 e. The van der Waals surface area contributed by atoms with Crippen molar-refractivity contribution < 1.29 is 14.3 Å². The van der Waals surface area contributed by atoms with Crippen molar-refractivity contribution in [3.8, 4) is 0 Å². The molecule has 0 unspecified atom stereocenters. The van der Waals surface area contributed by atoms with Gasteiger partial charge in [0.25, 0.3) is 0 Å². The van der Waals surface area contributed by atoms with Gasteiger partial charge < -0.3 is 9.64 Å². The predicted octanol–water partition coefficient (Wildman–Crippen LogP) is 3.83. The van der Waals surface area contributed by atoms with Gasteiger partial charge in [-0.2, -0.15) is 0 Å². The van der Waals surface area contributed by atoms with Gasteiger partial charge in [0.2, 0.25) is 5.91 Å². The van der Waals surface area contributed by atoms with Gasteiger partial charge >= 0.3 is 5.97 Å². The molecule has 0 saturated carbocycles. The van der Waals surface area contributed by atoms with Crippen LogP contribution in [0.3, 0.4) is 0 Å². The van der Waals surface area contributed by atoms with Crippen LogP contribution in [-0.4, -0.2) is 25.0 Å². The number of nitrogens with zero attached hydrogens (tertiary/aromatic N) is 1. The summed E-state index contributed by atoms with van der Waals surface area (Å²) in [6, 6.07) is 15.3. The van der Waals surface area contributed by atoms with Gasteiger partial charge in [0, 0.05) is 11.7 Å². The first-order valence-corrected chi connectivity index (χ1v) is 8.43. The van der Waals surface area contributed by atoms with Crippen LogP contribution in [0.1, 0.15) is 30.0 Å². The maximum atomic E-state index is 13.1. The number of rotatable bonds is 6. The summed E-state index contributed by atoms with van der Waals surface area (Å²) in [5.74, 6) is -0.351. The van der Waals surface area contributed by atoms with Gasteiger partial charge in [-0.25, -0.2) is 0 Å². The summed E-state index contributed by atoms with van der Waals surface area (Å²) in [5.41, 5.74) is 3.85. The van der Waals surface area contributed by atoms with Crippen LogP contribution in [-0.2, 0) is 20.7 Å². The molecule has 25 heavy (non-hydrogen) atoms. The van der Waals surface area contributed by atoms with Gasteiger partial charge in [-0.3, -0.25) is 9.59 Å². The Morgan fingerprint density at radius 2 is 1.60 bits per heavy atom. The van der Waals surface area contributed by atoms with Gasteiger partial charge in [0.15, 0.2) is 0 Å². The average Bonchev–Trinajstić information content (AvgIpc) is 2.58. The predicted molar refractivity (Wildman–Crippen MR) is 99.6 cm³/mol. The topological polar surface area (TPSA) is 46.6 Å². The molecular formula is C21H25NO3. The summed E-state index contributed by atoms with van der Waals surface area (Å²) in [6.07, 6.45) is 0.449. The van der Waals surface area contributed by atoms with Crippen LogP contribution < -0.4 is 4.90 Å². The zero-order valence-electron chi connectivity index (χ0n) is 15.3. The third-order valence-electron chi connectivity index (χ3n) is 4.28. The van der Waals surface area contributed by atoms with Crippen molar-refractivity contribution in [3.05, 3.63) is 65.2 Å². The normalized spacial score (nSPS) is 11.7. The molecule has 0 bridgehead atoms. The molecule has 0 aliphatic heterocycles. The minimum atomic E-state index is -0.323. The van der Waals surface area contributed by atoms with E-state index in [9.17, 15) is 9.59 Å². The summed E-state index contributed by atoms with van der Waals surface area (Å²) in [6.45, 7) is 5.84. The van der Waals surface area contributed by atoms with Crippen LogP contribution in [0, 0.1) is 13.8 Å². The number of carbonyl (C=O) groups excluding carboxylic acids is 2. The number of esters is 1. The van der Waals surface area contributed by atoms with Crippen LogP contribution >= 0.6 is 0 Å². The number of methoxy groups -OCH3 is 1. The van der Waals surface area contributed by atoms with Crippen LogP contribution in [0.2, 0.25) is 0 Å². The van der Waals surface area contributed by atoms with E-state index in [0.717, 1.165) is 22.4 Å². The van der Waals surface area contributed by atoms with Gasteiger partial charge in [-0.1, -0.05) is 48.5 Å². The molecule has 1 amide bonds. The Morgan fingerprint density at radius 1 is 1.00 bits per heavy atom. The minimum absolute atomic E-state index is 0.0278. The molecule has 0 N–H and O–H groups in total. The Bertz CT molecular complexity index is 720. The Kier molecular flexibility index (Phi) is 6.34. The standard InChI is InChI=1S/C21H25NO3/c1-15-9-8-10-16(2)21(15)22(17(3)13-20(24)25-4)19(23)14-18-11-6-5-7-12-18/h5-12,17H,13-14H2,1-4H3/t17-/m1/s1. The summed E-state index contributed by atoms with van der Waals surface area (Å²) >= 11 is 0. The first-order valence-electron chi connectivity index (χ1n) is 8.43. The Morgan fingerprint density at radius 3 is 2.16 bits per heavy atom. The van der Waals surface area contributed by atoms with Gasteiger partial charge in [-0.15, -0.1) is 0 Å². The molecule has 0 heterocycles. The summed E-state index contributed by atoms with van der Waals surface area (Å²) in [7, 11) is 1.37. The zero-order chi connectivity index (χ0) is 18.4. The highest BCUT2D eigenvalue weighted by molar-refractivity contribution is 5.97. The maximum absolute atomic E-state index is 13.1. The molecule has 132 valence electrons. The lowest BCUT2D eigenvalue weighted by Crippen LogP contribution is -2.42. The summed E-state index contributed by atoms with van der Waals surface area (Å²) in [4.78, 5) is 26.6. The lowest BCUT2D eigenvalue weighted by atomic mass is 10.0. The van der Waals surface area contributed by atoms with Gasteiger partial charge in [0.1, 0.15) is 0 Å². The average molecular weight is 339 g/mol. The lowest BCUT2D eigenvalue weighted by molar-refractivity contribution is -0.140. The fourth-order valence-electron chi connectivity index (χ4n) is 3.05. The molecule has 1 atom stereocenters. The van der Waals surface area contributed by atoms with E-state index in [2.05, 4.69) is 0 Å². The Hall–Kier alpha value is -2.62. The maximum Gasteiger partial charge on any atom is 0.307 e. The first-order chi connectivity index (χ1) is 11.9. The van der Waals surface area contributed by atoms with Gasteiger partial charge in [-0.05, 0) is 37.5 Å². The Labute approximate surface area is 149 Å². The van der Waals surface area contributed by atoms with Crippen molar-refractivity contribution in [2.75, 3.05) is 12.0 Å². The van der Waals surface area contributed by atoms with E-state index in [1.165, 1.54) is 7.11 Å². The molecule has 0 aromatic heterocycles. The number of ether oxygens (including phenoxy) is 1. The van der Waals surface area contributed by atoms with Crippen molar-refractivity contribution in [1.82, 2.24) is 0 Å². The quantitative estimate of drug-likeness (QED) is 0.752. The fourth-order valence-corrected chi connectivity index (χ4v) is 3.05. The van der Waals surface area contributed by atoms with E-state index in [1.807, 2.05) is 69.3 Å². The van der Waals surface area contributed by atoms with Gasteiger partial charge in [0.05, 0.1) is 20.0 Å². The molecular weight excluding hydrogens is 314 g/mol. The zero-order valence-corrected chi connectivity index (χ0v) is 15.3. The number of anilines is 1. The van der Waals surface area contributed by atoms with Crippen molar-refractivity contribution in [2.45, 2.75) is 39.7 Å². The van der Waals surface area contributed by atoms with E-state index < -0.39 is 0 Å². The molecule has 0 aliphatic rings. The lowest BCUT2D eigenvalue weighted by Gasteiger charge is -2.31. The first kappa shape index (κ1) is 18.7. The number of hydrogen-bond acceptors (Lipinski definition) is 3. The number of amides is 1. The molecule has 2 aromatic rings. The highest BCUT2D eigenvalue weighted by Crippen LogP contribution is 2.28. The molecule has 2 rings (SSSR count). The van der Waals surface area contributed by atoms with E-state index in [0.29, 0.717) is 6.42 Å². The Balaban J connectivity index is 2.38. The number of aryl methyl sites for hydroxylation is 2. The second kappa shape index (κ2) is 8.47. The van der Waals surface area contributed by atoms with Crippen LogP contribution in [0.4, 0.5) is 5.69 Å². The molecule has 4 nitrogen and oxygen atoms in total. The van der Waals surface area contributed by atoms with Crippen LogP contribution in [0.5, 0.6) is 0 Å². The summed E-state index contributed by atoms with van der Waals surface area (Å²) in [5, 5.41) is 0. The molecule has 0 saturated heterocycles. The second-order valence-corrected chi connectivity index (χ2v) is 6.30. The molecule has 0 aliphatic carbocycles. The fraction of sp³-hybridized carbons (Fsp3) is 0.333. The van der Waals surface area contributed by atoms with Crippen LogP contribution in [0.15, 0.2) is 48.5 Å². The SMILES string of the molecule is COC(=O)C[C@@H](C)N(C(=O)Cc1ccccc1)c1c(C)cccc1C. The molecule has 4 heteroatoms. The third-order valence-corrected chi connectivity index (χ3v) is 4.28. The third kappa shape index (κ3) is 4.69. The van der Waals surface area contributed by atoms with Crippen molar-refractivity contribution in [3.63, 3.8) is 0 Å². The highest BCUT2D eigenvalue weighted by Gasteiger charge is 2.26. The van der Waals surface area contributed by atoms with Crippen molar-refractivity contribution in [2.24, 2.45) is 0 Å². The highest BCUT2D eigenvalue weighted by atomic mass is 16.5. The van der Waals surface area contributed by atoms with E-state index in [4.69, 9.17) is 4.74 Å².